The van der Waals surface area contributed by atoms with E-state index in [2.05, 4.69) is 5.32 Å². The van der Waals surface area contributed by atoms with Crippen LogP contribution in [-0.4, -0.2) is 29.7 Å². The van der Waals surface area contributed by atoms with E-state index in [1.54, 1.807) is 0 Å². The van der Waals surface area contributed by atoms with E-state index in [1.165, 1.54) is 6.92 Å². The Balaban J connectivity index is 2.60. The van der Waals surface area contributed by atoms with Gasteiger partial charge in [0.15, 0.2) is 0 Å². The van der Waals surface area contributed by atoms with E-state index >= 15 is 0 Å². The lowest BCUT2D eigenvalue weighted by atomic mass is 9.78. The van der Waals surface area contributed by atoms with Gasteiger partial charge in [0.05, 0.1) is 11.8 Å². The van der Waals surface area contributed by atoms with Crippen molar-refractivity contribution in [2.75, 3.05) is 6.54 Å². The van der Waals surface area contributed by atoms with Gasteiger partial charge in [-0.15, -0.1) is 0 Å². The second-order valence-electron chi connectivity index (χ2n) is 5.02. The minimum atomic E-state index is -4.37. The molecule has 1 aliphatic rings. The Morgan fingerprint density at radius 3 is 2.42 bits per heavy atom. The van der Waals surface area contributed by atoms with E-state index in [9.17, 15) is 22.8 Å². The molecule has 4 nitrogen and oxygen atoms in total. The van der Waals surface area contributed by atoms with Crippen molar-refractivity contribution in [2.24, 2.45) is 17.8 Å². The summed E-state index contributed by atoms with van der Waals surface area (Å²) in [7, 11) is 0. The van der Waals surface area contributed by atoms with E-state index in [1.807, 2.05) is 0 Å². The normalized spacial score (nSPS) is 25.7. The molecule has 0 bridgehead atoms. The summed E-state index contributed by atoms with van der Waals surface area (Å²) in [5, 5.41) is 11.0. The van der Waals surface area contributed by atoms with Gasteiger partial charge in [-0.2, -0.15) is 13.2 Å². The molecular weight excluding hydrogens is 263 g/mol. The van der Waals surface area contributed by atoms with Crippen LogP contribution in [0.4, 0.5) is 13.2 Å². The maximum absolute atomic E-state index is 12.8. The van der Waals surface area contributed by atoms with Crippen molar-refractivity contribution in [2.45, 2.75) is 38.8 Å². The number of halogens is 3. The first kappa shape index (κ1) is 15.8. The molecule has 0 aromatic heterocycles. The number of carboxylic acids is 1. The third-order valence-corrected chi connectivity index (χ3v) is 3.53. The molecule has 0 aromatic carbocycles. The van der Waals surface area contributed by atoms with Gasteiger partial charge in [0.1, 0.15) is 0 Å². The second-order valence-corrected chi connectivity index (χ2v) is 5.02. The molecule has 7 heteroatoms. The number of carbonyl (C=O) groups is 2. The molecule has 3 atom stereocenters. The van der Waals surface area contributed by atoms with E-state index in [0.29, 0.717) is 12.8 Å². The van der Waals surface area contributed by atoms with Crippen LogP contribution in [0.1, 0.15) is 32.6 Å². The zero-order valence-electron chi connectivity index (χ0n) is 10.7. The summed E-state index contributed by atoms with van der Waals surface area (Å²) in [5.74, 6) is -5.28. The number of rotatable bonds is 4. The summed E-state index contributed by atoms with van der Waals surface area (Å²) in [6.07, 6.45) is -3.13. The average molecular weight is 281 g/mol. The lowest BCUT2D eigenvalue weighted by Gasteiger charge is -2.32. The van der Waals surface area contributed by atoms with Crippen LogP contribution in [0.2, 0.25) is 0 Å². The molecule has 1 rings (SSSR count). The molecule has 110 valence electrons. The highest BCUT2D eigenvalue weighted by Crippen LogP contribution is 2.41. The zero-order chi connectivity index (χ0) is 14.6. The van der Waals surface area contributed by atoms with E-state index in [0.717, 1.165) is 0 Å². The van der Waals surface area contributed by atoms with Crippen LogP contribution in [0.5, 0.6) is 0 Å². The van der Waals surface area contributed by atoms with Crippen LogP contribution >= 0.6 is 0 Å². The molecule has 1 fully saturated rings. The molecule has 0 radical (unpaired) electrons. The van der Waals surface area contributed by atoms with E-state index < -0.39 is 35.8 Å². The highest BCUT2D eigenvalue weighted by molar-refractivity contribution is 5.80. The van der Waals surface area contributed by atoms with Crippen molar-refractivity contribution in [1.29, 1.82) is 0 Å². The molecule has 19 heavy (non-hydrogen) atoms. The van der Waals surface area contributed by atoms with Crippen molar-refractivity contribution in [1.82, 2.24) is 5.32 Å². The summed E-state index contributed by atoms with van der Waals surface area (Å²) in [6.45, 7) is 1.25. The van der Waals surface area contributed by atoms with Crippen LogP contribution in [0.15, 0.2) is 0 Å². The fourth-order valence-electron chi connectivity index (χ4n) is 2.31. The highest BCUT2D eigenvalue weighted by atomic mass is 19.4. The third-order valence-electron chi connectivity index (χ3n) is 3.53. The first-order valence-electron chi connectivity index (χ1n) is 6.30. The lowest BCUT2D eigenvalue weighted by Crippen LogP contribution is -2.44. The monoisotopic (exact) mass is 281 g/mol. The molecule has 1 saturated carbocycles. The van der Waals surface area contributed by atoms with E-state index in [-0.39, 0.29) is 19.4 Å². The van der Waals surface area contributed by atoms with Crippen molar-refractivity contribution in [3.05, 3.63) is 0 Å². The van der Waals surface area contributed by atoms with Crippen molar-refractivity contribution >= 4 is 11.9 Å². The zero-order valence-corrected chi connectivity index (χ0v) is 10.7. The molecule has 0 spiro atoms. The Morgan fingerprint density at radius 2 is 1.89 bits per heavy atom. The number of hydrogen-bond donors (Lipinski definition) is 2. The van der Waals surface area contributed by atoms with Gasteiger partial charge in [0, 0.05) is 12.5 Å². The number of amides is 1. The van der Waals surface area contributed by atoms with Gasteiger partial charge >= 0.3 is 12.1 Å². The number of hydrogen-bond acceptors (Lipinski definition) is 2. The van der Waals surface area contributed by atoms with Crippen LogP contribution in [0, 0.1) is 17.8 Å². The predicted octanol–water partition coefficient (Wildman–Crippen LogP) is 2.19. The topological polar surface area (TPSA) is 66.4 Å². The quantitative estimate of drug-likeness (QED) is 0.830. The van der Waals surface area contributed by atoms with Crippen LogP contribution in [0.25, 0.3) is 0 Å². The Kier molecular flexibility index (Phi) is 5.20. The fourth-order valence-corrected chi connectivity index (χ4v) is 2.31. The van der Waals surface area contributed by atoms with Crippen LogP contribution in [0.3, 0.4) is 0 Å². The van der Waals surface area contributed by atoms with Gasteiger partial charge in [-0.05, 0) is 12.8 Å². The van der Waals surface area contributed by atoms with E-state index in [4.69, 9.17) is 5.11 Å². The molecule has 2 N–H and O–H groups in total. The Hall–Kier alpha value is -1.27. The highest BCUT2D eigenvalue weighted by Gasteiger charge is 2.47. The Bertz CT molecular complexity index is 344. The van der Waals surface area contributed by atoms with Crippen LogP contribution < -0.4 is 5.32 Å². The number of aliphatic carboxylic acids is 1. The first-order chi connectivity index (χ1) is 8.73. The van der Waals surface area contributed by atoms with Gasteiger partial charge in [0.25, 0.3) is 0 Å². The third kappa shape index (κ3) is 4.40. The molecule has 0 unspecified atom stereocenters. The maximum Gasteiger partial charge on any atom is 0.392 e. The van der Waals surface area contributed by atoms with Gasteiger partial charge in [-0.3, -0.25) is 9.59 Å². The van der Waals surface area contributed by atoms with Gasteiger partial charge in [0.2, 0.25) is 5.91 Å². The summed E-state index contributed by atoms with van der Waals surface area (Å²) in [5.41, 5.74) is 0. The molecule has 0 heterocycles. The van der Waals surface area contributed by atoms with Crippen molar-refractivity contribution in [3.63, 3.8) is 0 Å². The molecule has 1 aliphatic carbocycles. The Labute approximate surface area is 109 Å². The number of nitrogens with one attached hydrogen (secondary N) is 1. The summed E-state index contributed by atoms with van der Waals surface area (Å²) in [4.78, 5) is 22.4. The number of carboxylic acid groups (broad SMARTS) is 1. The lowest BCUT2D eigenvalue weighted by molar-refractivity contribution is -0.198. The van der Waals surface area contributed by atoms with Gasteiger partial charge in [-0.25, -0.2) is 0 Å². The summed E-state index contributed by atoms with van der Waals surface area (Å²) >= 11 is 0. The molecule has 0 saturated heterocycles. The SMILES string of the molecule is C[C@H](CNC(=O)[C@@H]1CCCC[C@H]1C(F)(F)F)C(=O)O. The molecular formula is C12H18F3NO3. The standard InChI is InChI=1S/C12H18F3NO3/c1-7(11(18)19)6-16-10(17)8-4-2-3-5-9(8)12(13,14)15/h7-9H,2-6H2,1H3,(H,16,17)(H,18,19)/t7-,8-,9-/m1/s1. The first-order valence-corrected chi connectivity index (χ1v) is 6.30. The van der Waals surface area contributed by atoms with Crippen molar-refractivity contribution in [3.8, 4) is 0 Å². The molecule has 0 aromatic rings. The Morgan fingerprint density at radius 1 is 1.32 bits per heavy atom. The maximum atomic E-state index is 12.8. The molecule has 1 amide bonds. The second kappa shape index (κ2) is 6.25. The average Bonchev–Trinajstić information content (AvgIpc) is 2.34. The fraction of sp³-hybridized carbons (Fsp3) is 0.833. The van der Waals surface area contributed by atoms with Crippen molar-refractivity contribution < 1.29 is 27.9 Å². The molecule has 0 aliphatic heterocycles. The minimum absolute atomic E-state index is 0.0317. The number of alkyl halides is 3. The smallest absolute Gasteiger partial charge is 0.392 e. The minimum Gasteiger partial charge on any atom is -0.481 e. The summed E-state index contributed by atoms with van der Waals surface area (Å²) in [6, 6.07) is 0. The summed E-state index contributed by atoms with van der Waals surface area (Å²) < 4.78 is 38.4. The van der Waals surface area contributed by atoms with Gasteiger partial charge in [-0.1, -0.05) is 19.8 Å². The van der Waals surface area contributed by atoms with Gasteiger partial charge < -0.3 is 10.4 Å². The predicted molar refractivity (Wildman–Crippen MR) is 61.3 cm³/mol. The number of carbonyl (C=O) groups excluding carboxylic acids is 1. The largest absolute Gasteiger partial charge is 0.481 e. The van der Waals surface area contributed by atoms with Crippen LogP contribution in [-0.2, 0) is 9.59 Å².